The highest BCUT2D eigenvalue weighted by Gasteiger charge is 2.02. The average Bonchev–Trinajstić information content (AvgIpc) is 2.30. The number of hydrogen-bond acceptors (Lipinski definition) is 5. The maximum atomic E-state index is 9.84. The third-order valence-corrected chi connectivity index (χ3v) is 2.44. The molecule has 2 rings (SSSR count). The molecule has 0 amide bonds. The molecule has 0 unspecified atom stereocenters. The van der Waals surface area contributed by atoms with Gasteiger partial charge in [0.25, 0.3) is 5.95 Å². The first kappa shape index (κ1) is 12.2. The second-order valence-electron chi connectivity index (χ2n) is 4.00. The molecule has 0 radical (unpaired) electrons. The minimum atomic E-state index is 0.226. The monoisotopic (exact) mass is 242 g/mol. The fraction of sp³-hybridized carbons (Fsp3) is 0.231. The summed E-state index contributed by atoms with van der Waals surface area (Å²) in [5.41, 5.74) is 1.45. The maximum Gasteiger partial charge on any atom is 0.252 e. The van der Waals surface area contributed by atoms with Gasteiger partial charge in [0.15, 0.2) is 0 Å². The van der Waals surface area contributed by atoms with Gasteiger partial charge in [0.2, 0.25) is 0 Å². The highest BCUT2D eigenvalue weighted by Crippen LogP contribution is 2.20. The number of nitrogens with zero attached hydrogens (tertiary/aromatic N) is 4. The summed E-state index contributed by atoms with van der Waals surface area (Å²) in [6.45, 7) is 5.42. The highest BCUT2D eigenvalue weighted by molar-refractivity contribution is 5.85. The van der Waals surface area contributed by atoms with Gasteiger partial charge < -0.3 is 5.11 Å². The van der Waals surface area contributed by atoms with E-state index < -0.39 is 0 Å². The van der Waals surface area contributed by atoms with Crippen molar-refractivity contribution >= 4 is 12.2 Å². The second kappa shape index (κ2) is 4.91. The van der Waals surface area contributed by atoms with Gasteiger partial charge in [-0.3, -0.25) is 0 Å². The minimum Gasteiger partial charge on any atom is -0.507 e. The van der Waals surface area contributed by atoms with Gasteiger partial charge in [-0.1, -0.05) is 12.1 Å². The van der Waals surface area contributed by atoms with Crippen LogP contribution in [0.3, 0.4) is 0 Å². The predicted octanol–water partition coefficient (Wildman–Crippen LogP) is 2.25. The van der Waals surface area contributed by atoms with Crippen molar-refractivity contribution in [3.8, 4) is 5.75 Å². The molecular weight excluding hydrogens is 228 g/mol. The molecule has 1 N–H and O–H groups in total. The van der Waals surface area contributed by atoms with E-state index in [0.717, 1.165) is 5.56 Å². The number of aryl methyl sites for hydroxylation is 3. The van der Waals surface area contributed by atoms with Gasteiger partial charge in [-0.05, 0) is 32.4 Å². The van der Waals surface area contributed by atoms with Crippen LogP contribution in [0.25, 0.3) is 0 Å². The van der Waals surface area contributed by atoms with E-state index in [1.807, 2.05) is 19.1 Å². The smallest absolute Gasteiger partial charge is 0.252 e. The van der Waals surface area contributed by atoms with Gasteiger partial charge in [0, 0.05) is 11.8 Å². The number of hydrogen-bond donors (Lipinski definition) is 1. The van der Waals surface area contributed by atoms with E-state index in [-0.39, 0.29) is 5.75 Å². The fourth-order valence-corrected chi connectivity index (χ4v) is 1.57. The van der Waals surface area contributed by atoms with Crippen LogP contribution in [-0.4, -0.2) is 26.3 Å². The molecule has 0 fully saturated rings. The summed E-state index contributed by atoms with van der Waals surface area (Å²) < 4.78 is 0. The molecule has 1 heterocycles. The number of rotatable bonds is 2. The quantitative estimate of drug-likeness (QED) is 0.820. The zero-order chi connectivity index (χ0) is 13.1. The summed E-state index contributed by atoms with van der Waals surface area (Å²) in [6.07, 6.45) is 1.55. The van der Waals surface area contributed by atoms with Crippen LogP contribution < -0.4 is 0 Å². The maximum absolute atomic E-state index is 9.84. The predicted molar refractivity (Wildman–Crippen MR) is 69.4 cm³/mol. The lowest BCUT2D eigenvalue weighted by Crippen LogP contribution is -1.95. The van der Waals surface area contributed by atoms with Crippen LogP contribution >= 0.6 is 0 Å². The van der Waals surface area contributed by atoms with Crippen molar-refractivity contribution in [3.63, 3.8) is 0 Å². The average molecular weight is 242 g/mol. The van der Waals surface area contributed by atoms with E-state index in [1.54, 1.807) is 26.1 Å². The Morgan fingerprint density at radius 2 is 1.72 bits per heavy atom. The van der Waals surface area contributed by atoms with E-state index in [9.17, 15) is 5.11 Å². The Bertz CT molecular complexity index is 588. The summed E-state index contributed by atoms with van der Waals surface area (Å²) in [7, 11) is 0. The number of para-hydroxylation sites is 1. The third kappa shape index (κ3) is 2.68. The molecule has 0 bridgehead atoms. The summed E-state index contributed by atoms with van der Waals surface area (Å²) in [5.74, 6) is 1.83. The van der Waals surface area contributed by atoms with Crippen LogP contribution in [0.4, 0.5) is 5.95 Å². The van der Waals surface area contributed by atoms with Crippen molar-refractivity contribution in [2.45, 2.75) is 20.8 Å². The van der Waals surface area contributed by atoms with E-state index >= 15 is 0 Å². The van der Waals surface area contributed by atoms with E-state index in [4.69, 9.17) is 0 Å². The molecule has 5 nitrogen and oxygen atoms in total. The zero-order valence-corrected chi connectivity index (χ0v) is 10.5. The van der Waals surface area contributed by atoms with E-state index in [0.29, 0.717) is 23.2 Å². The van der Waals surface area contributed by atoms with Crippen LogP contribution in [0, 0.1) is 20.8 Å². The van der Waals surface area contributed by atoms with Crippen LogP contribution in [0.2, 0.25) is 0 Å². The summed E-state index contributed by atoms with van der Waals surface area (Å²) >= 11 is 0. The molecule has 5 heteroatoms. The summed E-state index contributed by atoms with van der Waals surface area (Å²) in [4.78, 5) is 16.4. The Kier molecular flexibility index (Phi) is 3.32. The van der Waals surface area contributed by atoms with Crippen molar-refractivity contribution in [1.82, 2.24) is 15.0 Å². The van der Waals surface area contributed by atoms with Crippen molar-refractivity contribution in [3.05, 3.63) is 41.0 Å². The Balaban J connectivity index is 2.33. The largest absolute Gasteiger partial charge is 0.507 e. The number of phenols is 1. The molecule has 1 aromatic carbocycles. The minimum absolute atomic E-state index is 0.226. The highest BCUT2D eigenvalue weighted by atomic mass is 16.3. The Morgan fingerprint density at radius 1 is 1.06 bits per heavy atom. The molecule has 1 aromatic heterocycles. The van der Waals surface area contributed by atoms with Crippen LogP contribution in [-0.2, 0) is 0 Å². The van der Waals surface area contributed by atoms with Gasteiger partial charge in [0.1, 0.15) is 17.4 Å². The fourth-order valence-electron chi connectivity index (χ4n) is 1.57. The molecular formula is C13H14N4O. The molecule has 18 heavy (non-hydrogen) atoms. The van der Waals surface area contributed by atoms with Gasteiger partial charge in [-0.15, -0.1) is 0 Å². The zero-order valence-electron chi connectivity index (χ0n) is 10.5. The molecule has 0 atom stereocenters. The number of aromatic hydroxyl groups is 1. The van der Waals surface area contributed by atoms with Crippen molar-refractivity contribution in [1.29, 1.82) is 0 Å². The summed E-state index contributed by atoms with van der Waals surface area (Å²) in [5, 5.41) is 9.84. The normalized spacial score (nSPS) is 11.1. The molecule has 0 spiro atoms. The van der Waals surface area contributed by atoms with Crippen LogP contribution in [0.1, 0.15) is 22.8 Å². The SMILES string of the molecule is Cc1nc(C)nc(N=Cc2cccc(C)c2O)n1. The Hall–Kier alpha value is -2.30. The van der Waals surface area contributed by atoms with Gasteiger partial charge in [0.05, 0.1) is 0 Å². The van der Waals surface area contributed by atoms with E-state index in [1.165, 1.54) is 0 Å². The van der Waals surface area contributed by atoms with E-state index in [2.05, 4.69) is 19.9 Å². The van der Waals surface area contributed by atoms with Crippen LogP contribution in [0.5, 0.6) is 5.75 Å². The topological polar surface area (TPSA) is 71.3 Å². The molecule has 0 aliphatic heterocycles. The number of aliphatic imine (C=N–C) groups is 1. The number of benzene rings is 1. The first-order chi connectivity index (χ1) is 8.56. The molecule has 0 aliphatic rings. The first-order valence-corrected chi connectivity index (χ1v) is 5.58. The molecule has 92 valence electrons. The Labute approximate surface area is 105 Å². The lowest BCUT2D eigenvalue weighted by Gasteiger charge is -2.01. The molecule has 0 aliphatic carbocycles. The summed E-state index contributed by atoms with van der Waals surface area (Å²) in [6, 6.07) is 5.48. The van der Waals surface area contributed by atoms with Gasteiger partial charge in [-0.2, -0.15) is 9.97 Å². The third-order valence-electron chi connectivity index (χ3n) is 2.44. The Morgan fingerprint density at radius 3 is 2.39 bits per heavy atom. The van der Waals surface area contributed by atoms with Crippen LogP contribution in [0.15, 0.2) is 23.2 Å². The van der Waals surface area contributed by atoms with Crippen molar-refractivity contribution in [2.24, 2.45) is 4.99 Å². The van der Waals surface area contributed by atoms with Crippen molar-refractivity contribution in [2.75, 3.05) is 0 Å². The number of aromatic nitrogens is 3. The molecule has 0 saturated heterocycles. The first-order valence-electron chi connectivity index (χ1n) is 5.58. The van der Waals surface area contributed by atoms with Gasteiger partial charge >= 0.3 is 0 Å². The molecule has 0 saturated carbocycles. The molecule has 2 aromatic rings. The van der Waals surface area contributed by atoms with Crippen molar-refractivity contribution < 1.29 is 5.11 Å². The number of phenolic OH excluding ortho intramolecular Hbond substituents is 1. The van der Waals surface area contributed by atoms with Gasteiger partial charge in [-0.25, -0.2) is 9.98 Å². The lowest BCUT2D eigenvalue weighted by molar-refractivity contribution is 0.470. The second-order valence-corrected chi connectivity index (χ2v) is 4.00. The lowest BCUT2D eigenvalue weighted by atomic mass is 10.1. The standard InChI is InChI=1S/C13H14N4O/c1-8-5-4-6-11(12(8)18)7-14-13-16-9(2)15-10(3)17-13/h4-7,18H,1-3H3.